The maximum atomic E-state index is 12.9. The molecule has 2 aromatic carbocycles. The topological polar surface area (TPSA) is 143 Å². The zero-order valence-corrected chi connectivity index (χ0v) is 19.1. The van der Waals surface area contributed by atoms with Crippen molar-refractivity contribution in [2.75, 3.05) is 5.32 Å². The Hall–Kier alpha value is -3.50. The van der Waals surface area contributed by atoms with Crippen LogP contribution in [0.4, 0.5) is 5.69 Å². The van der Waals surface area contributed by atoms with E-state index in [1.807, 2.05) is 0 Å². The lowest BCUT2D eigenvalue weighted by molar-refractivity contribution is 0.101. The number of nitrogens with zero attached hydrogens (tertiary/aromatic N) is 2. The first-order valence-electron chi connectivity index (χ1n) is 9.83. The van der Waals surface area contributed by atoms with Crippen LogP contribution in [0.25, 0.3) is 5.69 Å². The molecule has 10 heteroatoms. The van der Waals surface area contributed by atoms with E-state index in [0.29, 0.717) is 22.6 Å². The summed E-state index contributed by atoms with van der Waals surface area (Å²) < 4.78 is 29.0. The Morgan fingerprint density at radius 1 is 1.09 bits per heavy atom. The number of carbonyl (C=O) groups excluding carboxylic acids is 1. The number of aryl methyl sites for hydroxylation is 1. The summed E-state index contributed by atoms with van der Waals surface area (Å²) in [5, 5.41) is 14.8. The summed E-state index contributed by atoms with van der Waals surface area (Å²) >= 11 is 0. The average Bonchev–Trinajstić information content (AvgIpc) is 3.08. The Morgan fingerprint density at radius 3 is 2.34 bits per heavy atom. The van der Waals surface area contributed by atoms with Gasteiger partial charge in [-0.1, -0.05) is 12.1 Å². The molecule has 0 fully saturated rings. The van der Waals surface area contributed by atoms with Gasteiger partial charge in [-0.2, -0.15) is 5.10 Å². The third kappa shape index (κ3) is 5.40. The van der Waals surface area contributed by atoms with Crippen LogP contribution in [0.2, 0.25) is 0 Å². The SMILES string of the molecule is Cc1cc(C(=O)Nc2ccc(S(=O)(=O)NC(C)(C)C)cc2)n(-c2cccc(C(=N)N)c2)n1. The molecule has 1 aromatic heterocycles. The second-order valence-corrected chi connectivity index (χ2v) is 10.1. The van der Waals surface area contributed by atoms with E-state index < -0.39 is 21.5 Å². The summed E-state index contributed by atoms with van der Waals surface area (Å²) in [6.07, 6.45) is 0. The smallest absolute Gasteiger partial charge is 0.274 e. The summed E-state index contributed by atoms with van der Waals surface area (Å²) in [4.78, 5) is 13.0. The van der Waals surface area contributed by atoms with Crippen molar-refractivity contribution in [1.82, 2.24) is 14.5 Å². The summed E-state index contributed by atoms with van der Waals surface area (Å²) in [5.41, 5.74) is 7.43. The van der Waals surface area contributed by atoms with Gasteiger partial charge in [0.1, 0.15) is 11.5 Å². The van der Waals surface area contributed by atoms with Crippen molar-refractivity contribution in [2.24, 2.45) is 5.73 Å². The number of rotatable bonds is 6. The largest absolute Gasteiger partial charge is 0.384 e. The van der Waals surface area contributed by atoms with Crippen LogP contribution >= 0.6 is 0 Å². The van der Waals surface area contributed by atoms with Gasteiger partial charge in [0, 0.05) is 16.8 Å². The van der Waals surface area contributed by atoms with Gasteiger partial charge in [-0.25, -0.2) is 17.8 Å². The number of nitrogens with one attached hydrogen (secondary N) is 3. The molecular weight excluding hydrogens is 428 g/mol. The highest BCUT2D eigenvalue weighted by molar-refractivity contribution is 7.89. The number of aromatic nitrogens is 2. The molecule has 0 aliphatic carbocycles. The zero-order chi connectivity index (χ0) is 23.7. The van der Waals surface area contributed by atoms with Crippen LogP contribution in [0, 0.1) is 12.3 Å². The standard InChI is InChI=1S/C22H26N6O3S/c1-14-12-19(28(26-14)17-7-5-6-15(13-17)20(23)24)21(29)25-16-8-10-18(11-9-16)32(30,31)27-22(2,3)4/h5-13,27H,1-4H3,(H3,23,24)(H,25,29). The second kappa shape index (κ2) is 8.56. The normalized spacial score (nSPS) is 11.9. The minimum Gasteiger partial charge on any atom is -0.384 e. The van der Waals surface area contributed by atoms with Crippen LogP contribution in [0.1, 0.15) is 42.5 Å². The fourth-order valence-electron chi connectivity index (χ4n) is 3.04. The molecule has 0 aliphatic heterocycles. The van der Waals surface area contributed by atoms with Gasteiger partial charge in [-0.05, 0) is 70.2 Å². The fourth-order valence-corrected chi connectivity index (χ4v) is 4.46. The number of amides is 1. The van der Waals surface area contributed by atoms with Crippen molar-refractivity contribution < 1.29 is 13.2 Å². The van der Waals surface area contributed by atoms with Crippen molar-refractivity contribution >= 4 is 27.5 Å². The number of carbonyl (C=O) groups is 1. The molecule has 5 N–H and O–H groups in total. The van der Waals surface area contributed by atoms with E-state index in [2.05, 4.69) is 15.1 Å². The van der Waals surface area contributed by atoms with E-state index in [-0.39, 0.29) is 16.4 Å². The average molecular weight is 455 g/mol. The molecule has 0 saturated heterocycles. The van der Waals surface area contributed by atoms with Crippen LogP contribution in [0.15, 0.2) is 59.5 Å². The lowest BCUT2D eigenvalue weighted by Crippen LogP contribution is -2.40. The predicted molar refractivity (Wildman–Crippen MR) is 124 cm³/mol. The first kappa shape index (κ1) is 23.2. The number of anilines is 1. The van der Waals surface area contributed by atoms with E-state index in [9.17, 15) is 13.2 Å². The number of nitrogens with two attached hydrogens (primary N) is 1. The molecule has 0 bridgehead atoms. The minimum atomic E-state index is -3.67. The van der Waals surface area contributed by atoms with E-state index in [1.165, 1.54) is 28.9 Å². The maximum absolute atomic E-state index is 12.9. The molecular formula is C22H26N6O3S. The molecule has 0 atom stereocenters. The van der Waals surface area contributed by atoms with E-state index >= 15 is 0 Å². The molecule has 9 nitrogen and oxygen atoms in total. The van der Waals surface area contributed by atoms with Gasteiger partial charge >= 0.3 is 0 Å². The van der Waals surface area contributed by atoms with Crippen LogP contribution < -0.4 is 15.8 Å². The number of sulfonamides is 1. The number of hydrogen-bond donors (Lipinski definition) is 4. The van der Waals surface area contributed by atoms with Gasteiger partial charge < -0.3 is 11.1 Å². The Bertz CT molecular complexity index is 1270. The highest BCUT2D eigenvalue weighted by Crippen LogP contribution is 2.19. The number of hydrogen-bond acceptors (Lipinski definition) is 5. The molecule has 1 amide bonds. The number of benzene rings is 2. The van der Waals surface area contributed by atoms with E-state index in [0.717, 1.165) is 0 Å². The Labute approximate surface area is 187 Å². The van der Waals surface area contributed by atoms with Gasteiger partial charge in [0.15, 0.2) is 0 Å². The highest BCUT2D eigenvalue weighted by Gasteiger charge is 2.22. The number of amidine groups is 1. The monoisotopic (exact) mass is 454 g/mol. The lowest BCUT2D eigenvalue weighted by atomic mass is 10.1. The molecule has 0 unspecified atom stereocenters. The molecule has 0 radical (unpaired) electrons. The molecule has 1 heterocycles. The van der Waals surface area contributed by atoms with E-state index in [4.69, 9.17) is 11.1 Å². The molecule has 168 valence electrons. The quantitative estimate of drug-likeness (QED) is 0.334. The van der Waals surface area contributed by atoms with Gasteiger partial charge in [-0.15, -0.1) is 0 Å². The van der Waals surface area contributed by atoms with Crippen LogP contribution in [-0.4, -0.2) is 35.5 Å². The van der Waals surface area contributed by atoms with Crippen LogP contribution in [0.3, 0.4) is 0 Å². The third-order valence-corrected chi connectivity index (χ3v) is 6.10. The van der Waals surface area contributed by atoms with Crippen molar-refractivity contribution in [3.05, 3.63) is 71.5 Å². The van der Waals surface area contributed by atoms with E-state index in [1.54, 1.807) is 58.0 Å². The zero-order valence-electron chi connectivity index (χ0n) is 18.3. The lowest BCUT2D eigenvalue weighted by Gasteiger charge is -2.20. The molecule has 32 heavy (non-hydrogen) atoms. The first-order chi connectivity index (χ1) is 14.9. The fraction of sp³-hybridized carbons (Fsp3) is 0.227. The molecule has 3 rings (SSSR count). The van der Waals surface area contributed by atoms with Crippen molar-refractivity contribution in [3.8, 4) is 5.69 Å². The first-order valence-corrected chi connectivity index (χ1v) is 11.3. The summed E-state index contributed by atoms with van der Waals surface area (Å²) in [6, 6.07) is 14.4. The Kier molecular flexibility index (Phi) is 6.20. The predicted octanol–water partition coefficient (Wildman–Crippen LogP) is 2.79. The maximum Gasteiger partial charge on any atom is 0.274 e. The third-order valence-electron chi connectivity index (χ3n) is 4.33. The minimum absolute atomic E-state index is 0.0854. The van der Waals surface area contributed by atoms with Crippen LogP contribution in [0.5, 0.6) is 0 Å². The highest BCUT2D eigenvalue weighted by atomic mass is 32.2. The summed E-state index contributed by atoms with van der Waals surface area (Å²) in [7, 11) is -3.67. The molecule has 0 aliphatic rings. The second-order valence-electron chi connectivity index (χ2n) is 8.38. The molecule has 0 spiro atoms. The summed E-state index contributed by atoms with van der Waals surface area (Å²) in [5.74, 6) is -0.500. The Morgan fingerprint density at radius 2 is 1.75 bits per heavy atom. The van der Waals surface area contributed by atoms with Crippen molar-refractivity contribution in [3.63, 3.8) is 0 Å². The van der Waals surface area contributed by atoms with Gasteiger partial charge in [0.05, 0.1) is 16.3 Å². The number of nitrogen functional groups attached to an aromatic ring is 1. The van der Waals surface area contributed by atoms with Crippen LogP contribution in [-0.2, 0) is 10.0 Å². The summed E-state index contributed by atoms with van der Waals surface area (Å²) in [6.45, 7) is 7.05. The van der Waals surface area contributed by atoms with Gasteiger partial charge in [0.25, 0.3) is 5.91 Å². The molecule has 0 saturated carbocycles. The van der Waals surface area contributed by atoms with Crippen molar-refractivity contribution in [2.45, 2.75) is 38.1 Å². The van der Waals surface area contributed by atoms with Gasteiger partial charge in [-0.3, -0.25) is 10.2 Å². The molecule has 3 aromatic rings. The Balaban J connectivity index is 1.85. The van der Waals surface area contributed by atoms with Crippen molar-refractivity contribution in [1.29, 1.82) is 5.41 Å². The van der Waals surface area contributed by atoms with Gasteiger partial charge in [0.2, 0.25) is 10.0 Å².